The van der Waals surface area contributed by atoms with E-state index in [0.717, 1.165) is 16.7 Å². The lowest BCUT2D eigenvalue weighted by Gasteiger charge is -2.16. The van der Waals surface area contributed by atoms with Gasteiger partial charge >= 0.3 is 0 Å². The van der Waals surface area contributed by atoms with E-state index in [1.54, 1.807) is 13.0 Å². The molecule has 0 radical (unpaired) electrons. The number of hydrogen-bond acceptors (Lipinski definition) is 7. The Morgan fingerprint density at radius 3 is 2.43 bits per heavy atom. The molecule has 0 aliphatic carbocycles. The molecule has 0 bridgehead atoms. The molecule has 4 rings (SSSR count). The molecule has 0 saturated carbocycles. The summed E-state index contributed by atoms with van der Waals surface area (Å²) in [6.07, 6.45) is 1.32. The Labute approximate surface area is 213 Å². The molecule has 2 aromatic heterocycles. The van der Waals surface area contributed by atoms with Crippen LogP contribution in [0.15, 0.2) is 59.8 Å². The minimum Gasteiger partial charge on any atom is -0.494 e. The number of halogens is 1. The molecule has 0 aliphatic rings. The number of rotatable bonds is 8. The number of amides is 1. The smallest absolute Gasteiger partial charge is 0.283 e. The number of carbonyl (C=O) groups is 1. The summed E-state index contributed by atoms with van der Waals surface area (Å²) in [6, 6.07) is 12.0. The van der Waals surface area contributed by atoms with Crippen LogP contribution in [-0.4, -0.2) is 36.1 Å². The van der Waals surface area contributed by atoms with Crippen molar-refractivity contribution in [1.82, 2.24) is 19.9 Å². The molecule has 0 unspecified atom stereocenters. The van der Waals surface area contributed by atoms with Crippen LogP contribution in [0.1, 0.15) is 34.0 Å². The lowest BCUT2D eigenvalue weighted by Crippen LogP contribution is -2.31. The zero-order chi connectivity index (χ0) is 26.7. The predicted octanol–water partition coefficient (Wildman–Crippen LogP) is 4.85. The SMILES string of the molecule is CCOc1cc(F)cc(-c2ccc(C(=O)NS(=O)(=O)c3cc[nH]n3)c(Oc3c(C)cc(C)cc3C)n2)c1. The number of H-pyrrole nitrogens is 1. The largest absolute Gasteiger partial charge is 0.494 e. The number of benzene rings is 2. The summed E-state index contributed by atoms with van der Waals surface area (Å²) in [5.74, 6) is -0.854. The third-order valence-electron chi connectivity index (χ3n) is 5.36. The fourth-order valence-corrected chi connectivity index (χ4v) is 4.74. The maximum Gasteiger partial charge on any atom is 0.283 e. The number of aryl methyl sites for hydroxylation is 3. The molecule has 2 N–H and O–H groups in total. The highest BCUT2D eigenvalue weighted by molar-refractivity contribution is 7.90. The summed E-state index contributed by atoms with van der Waals surface area (Å²) >= 11 is 0. The molecule has 11 heteroatoms. The molecule has 0 atom stereocenters. The summed E-state index contributed by atoms with van der Waals surface area (Å²) in [6.45, 7) is 7.77. The predicted molar refractivity (Wildman–Crippen MR) is 135 cm³/mol. The van der Waals surface area contributed by atoms with Gasteiger partial charge in [0.2, 0.25) is 5.88 Å². The van der Waals surface area contributed by atoms with Gasteiger partial charge in [-0.1, -0.05) is 17.7 Å². The van der Waals surface area contributed by atoms with Crippen molar-refractivity contribution in [3.63, 3.8) is 0 Å². The fourth-order valence-electron chi connectivity index (χ4n) is 3.86. The van der Waals surface area contributed by atoms with Crippen LogP contribution in [0.2, 0.25) is 0 Å². The van der Waals surface area contributed by atoms with Crippen LogP contribution >= 0.6 is 0 Å². The van der Waals surface area contributed by atoms with Gasteiger partial charge in [-0.25, -0.2) is 14.1 Å². The Morgan fingerprint density at radius 2 is 1.78 bits per heavy atom. The standard InChI is InChI=1S/C26H25FN4O5S/c1-5-35-20-13-18(12-19(27)14-20)22-7-6-21(25(32)31-37(33,34)23-8-9-28-30-23)26(29-22)36-24-16(3)10-15(2)11-17(24)4/h6-14H,5H2,1-4H3,(H,28,30)(H,31,32). The third kappa shape index (κ3) is 5.78. The third-order valence-corrected chi connectivity index (χ3v) is 6.60. The van der Waals surface area contributed by atoms with Gasteiger partial charge in [-0.2, -0.15) is 13.5 Å². The Morgan fingerprint density at radius 1 is 1.05 bits per heavy atom. The number of ether oxygens (including phenoxy) is 2. The van der Waals surface area contributed by atoms with Gasteiger partial charge in [0.15, 0.2) is 5.03 Å². The van der Waals surface area contributed by atoms with E-state index in [9.17, 15) is 17.6 Å². The number of pyridine rings is 1. The number of aromatic nitrogens is 3. The highest BCUT2D eigenvalue weighted by Crippen LogP contribution is 2.33. The van der Waals surface area contributed by atoms with Crippen molar-refractivity contribution in [1.29, 1.82) is 0 Å². The van der Waals surface area contributed by atoms with Crippen LogP contribution in [0.3, 0.4) is 0 Å². The number of aromatic amines is 1. The van der Waals surface area contributed by atoms with Crippen LogP contribution in [-0.2, 0) is 10.0 Å². The number of carbonyl (C=O) groups excluding carboxylic acids is 1. The Bertz CT molecular complexity index is 1550. The topological polar surface area (TPSA) is 123 Å². The maximum atomic E-state index is 14.3. The van der Waals surface area contributed by atoms with Crippen molar-refractivity contribution in [2.24, 2.45) is 0 Å². The van der Waals surface area contributed by atoms with Gasteiger partial charge in [-0.3, -0.25) is 9.89 Å². The molecule has 2 aromatic carbocycles. The summed E-state index contributed by atoms with van der Waals surface area (Å²) in [7, 11) is -4.25. The van der Waals surface area contributed by atoms with Crippen molar-refractivity contribution >= 4 is 15.9 Å². The first-order valence-electron chi connectivity index (χ1n) is 11.3. The van der Waals surface area contributed by atoms with E-state index >= 15 is 0 Å². The van der Waals surface area contributed by atoms with E-state index in [1.165, 1.54) is 36.5 Å². The molecule has 2 heterocycles. The quantitative estimate of drug-likeness (QED) is 0.338. The second-order valence-corrected chi connectivity index (χ2v) is 9.96. The molecule has 0 saturated heterocycles. The summed E-state index contributed by atoms with van der Waals surface area (Å²) in [5.41, 5.74) is 3.17. The lowest BCUT2D eigenvalue weighted by atomic mass is 10.1. The van der Waals surface area contributed by atoms with E-state index in [-0.39, 0.29) is 16.5 Å². The average molecular weight is 525 g/mol. The second-order valence-electron chi connectivity index (χ2n) is 8.33. The van der Waals surface area contributed by atoms with E-state index in [4.69, 9.17) is 9.47 Å². The van der Waals surface area contributed by atoms with Crippen LogP contribution in [0.5, 0.6) is 17.4 Å². The van der Waals surface area contributed by atoms with E-state index < -0.39 is 21.7 Å². The molecule has 37 heavy (non-hydrogen) atoms. The monoisotopic (exact) mass is 524 g/mol. The Kier molecular flexibility index (Phi) is 7.25. The zero-order valence-electron chi connectivity index (χ0n) is 20.6. The van der Waals surface area contributed by atoms with Gasteiger partial charge in [0, 0.05) is 17.8 Å². The zero-order valence-corrected chi connectivity index (χ0v) is 21.4. The highest BCUT2D eigenvalue weighted by Gasteiger charge is 2.25. The first-order valence-corrected chi connectivity index (χ1v) is 12.8. The van der Waals surface area contributed by atoms with Crippen LogP contribution in [0.4, 0.5) is 4.39 Å². The first-order chi connectivity index (χ1) is 17.6. The van der Waals surface area contributed by atoms with Crippen LogP contribution < -0.4 is 14.2 Å². The van der Waals surface area contributed by atoms with Crippen LogP contribution in [0.25, 0.3) is 11.3 Å². The van der Waals surface area contributed by atoms with E-state index in [2.05, 4.69) is 15.2 Å². The number of nitrogens with one attached hydrogen (secondary N) is 2. The van der Waals surface area contributed by atoms with Gasteiger partial charge in [0.25, 0.3) is 15.9 Å². The average Bonchev–Trinajstić information content (AvgIpc) is 3.37. The van der Waals surface area contributed by atoms with Crippen molar-refractivity contribution in [2.45, 2.75) is 32.7 Å². The Balaban J connectivity index is 1.80. The minimum absolute atomic E-state index is 0.135. The number of sulfonamides is 1. The van der Waals surface area contributed by atoms with Crippen molar-refractivity contribution in [3.8, 4) is 28.6 Å². The van der Waals surface area contributed by atoms with Gasteiger partial charge in [0.1, 0.15) is 22.9 Å². The molecule has 1 amide bonds. The molecule has 0 fully saturated rings. The molecule has 192 valence electrons. The second kappa shape index (κ2) is 10.4. The summed E-state index contributed by atoms with van der Waals surface area (Å²) in [5, 5.41) is 5.67. The van der Waals surface area contributed by atoms with E-state index in [0.29, 0.717) is 29.4 Å². The molecule has 9 nitrogen and oxygen atoms in total. The van der Waals surface area contributed by atoms with Crippen molar-refractivity contribution in [3.05, 3.63) is 82.8 Å². The van der Waals surface area contributed by atoms with Crippen LogP contribution in [0, 0.1) is 26.6 Å². The molecular weight excluding hydrogens is 499 g/mol. The van der Waals surface area contributed by atoms with Gasteiger partial charge in [0.05, 0.1) is 12.3 Å². The summed E-state index contributed by atoms with van der Waals surface area (Å²) < 4.78 is 53.0. The molecule has 4 aromatic rings. The number of hydrogen-bond donors (Lipinski definition) is 2. The van der Waals surface area contributed by atoms with Gasteiger partial charge in [-0.15, -0.1) is 0 Å². The molecule has 0 spiro atoms. The fraction of sp³-hybridized carbons (Fsp3) is 0.192. The van der Waals surface area contributed by atoms with Gasteiger partial charge in [-0.05, 0) is 69.2 Å². The minimum atomic E-state index is -4.25. The molecule has 0 aliphatic heterocycles. The maximum absolute atomic E-state index is 14.3. The van der Waals surface area contributed by atoms with E-state index in [1.807, 2.05) is 37.6 Å². The lowest BCUT2D eigenvalue weighted by molar-refractivity contribution is 0.0978. The van der Waals surface area contributed by atoms with Crippen molar-refractivity contribution < 1.29 is 27.1 Å². The van der Waals surface area contributed by atoms with Gasteiger partial charge < -0.3 is 9.47 Å². The summed E-state index contributed by atoms with van der Waals surface area (Å²) in [4.78, 5) is 17.6. The highest BCUT2D eigenvalue weighted by atomic mass is 32.2. The first kappa shape index (κ1) is 25.8. The normalized spacial score (nSPS) is 11.3. The molecular formula is C26H25FN4O5S. The van der Waals surface area contributed by atoms with Crippen molar-refractivity contribution in [2.75, 3.05) is 6.61 Å². The Hall–Kier alpha value is -4.25. The number of nitrogens with zero attached hydrogens (tertiary/aromatic N) is 2.